The van der Waals surface area contributed by atoms with Crippen molar-refractivity contribution in [3.05, 3.63) is 57.6 Å². The van der Waals surface area contributed by atoms with Crippen molar-refractivity contribution in [2.24, 2.45) is 5.92 Å². The van der Waals surface area contributed by atoms with E-state index in [1.807, 2.05) is 16.7 Å². The average Bonchev–Trinajstić information content (AvgIpc) is 2.68. The first-order chi connectivity index (χ1) is 13.5. The van der Waals surface area contributed by atoms with E-state index in [9.17, 15) is 9.59 Å². The van der Waals surface area contributed by atoms with E-state index in [1.165, 1.54) is 18.0 Å². The number of halogens is 1. The van der Waals surface area contributed by atoms with E-state index in [4.69, 9.17) is 23.8 Å². The van der Waals surface area contributed by atoms with Crippen LogP contribution in [0.5, 0.6) is 0 Å². The fourth-order valence-electron chi connectivity index (χ4n) is 3.89. The molecule has 0 saturated carbocycles. The molecule has 28 heavy (non-hydrogen) atoms. The summed E-state index contributed by atoms with van der Waals surface area (Å²) in [5.74, 6) is 1.24. The number of nitrogens with one attached hydrogen (secondary N) is 1. The Bertz CT molecular complexity index is 963. The van der Waals surface area contributed by atoms with Crippen molar-refractivity contribution >= 4 is 51.6 Å². The first-order valence-electron chi connectivity index (χ1n) is 9.02. The van der Waals surface area contributed by atoms with Gasteiger partial charge in [-0.15, -0.1) is 0 Å². The van der Waals surface area contributed by atoms with Crippen LogP contribution in [0.2, 0.25) is 5.02 Å². The molecule has 0 aromatic carbocycles. The molecule has 1 saturated heterocycles. The number of hydrogen-bond acceptors (Lipinski definition) is 5. The van der Waals surface area contributed by atoms with Crippen LogP contribution in [0.25, 0.3) is 0 Å². The molecule has 0 spiro atoms. The van der Waals surface area contributed by atoms with Gasteiger partial charge in [0.2, 0.25) is 5.91 Å². The van der Waals surface area contributed by atoms with Crippen LogP contribution in [-0.4, -0.2) is 43.5 Å². The summed E-state index contributed by atoms with van der Waals surface area (Å²) >= 11 is 12.7. The highest BCUT2D eigenvalue weighted by Crippen LogP contribution is 2.36. The Morgan fingerprint density at radius 3 is 2.93 bits per heavy atom. The Morgan fingerprint density at radius 2 is 2.14 bits per heavy atom. The SMILES string of the molecule is O=C(CSC(=S)N1C[C@@H]2C[C@@H](C1)c1cccc(=O)n1C2)Nc1ccc(Cl)cn1. The Balaban J connectivity index is 1.34. The lowest BCUT2D eigenvalue weighted by molar-refractivity contribution is -0.113. The number of piperidine rings is 1. The molecule has 1 N–H and O–H groups in total. The van der Waals surface area contributed by atoms with E-state index in [-0.39, 0.29) is 17.2 Å². The topological polar surface area (TPSA) is 67.2 Å². The van der Waals surface area contributed by atoms with Crippen molar-refractivity contribution in [2.45, 2.75) is 18.9 Å². The Morgan fingerprint density at radius 1 is 1.29 bits per heavy atom. The third-order valence-electron chi connectivity index (χ3n) is 5.06. The van der Waals surface area contributed by atoms with Gasteiger partial charge in [0.1, 0.15) is 10.1 Å². The molecular formula is C19H19ClN4O2S2. The number of aromatic nitrogens is 2. The summed E-state index contributed by atoms with van der Waals surface area (Å²) < 4.78 is 2.62. The number of anilines is 1. The average molecular weight is 435 g/mol. The van der Waals surface area contributed by atoms with Crippen molar-refractivity contribution < 1.29 is 4.79 Å². The van der Waals surface area contributed by atoms with Crippen LogP contribution >= 0.6 is 35.6 Å². The highest BCUT2D eigenvalue weighted by Gasteiger charge is 2.35. The number of thiocarbonyl (C=S) groups is 1. The summed E-state index contributed by atoms with van der Waals surface area (Å²) in [6.45, 7) is 2.34. The molecule has 0 unspecified atom stereocenters. The number of carbonyl (C=O) groups is 1. The Hall–Kier alpha value is -1.90. The van der Waals surface area contributed by atoms with Crippen molar-refractivity contribution in [2.75, 3.05) is 24.2 Å². The summed E-state index contributed by atoms with van der Waals surface area (Å²) in [6.07, 6.45) is 2.57. The van der Waals surface area contributed by atoms with Gasteiger partial charge in [-0.25, -0.2) is 4.98 Å². The molecule has 1 fully saturated rings. The van der Waals surface area contributed by atoms with Crippen molar-refractivity contribution in [1.29, 1.82) is 0 Å². The second-order valence-electron chi connectivity index (χ2n) is 7.07. The third-order valence-corrected chi connectivity index (χ3v) is 6.81. The van der Waals surface area contributed by atoms with Gasteiger partial charge in [-0.05, 0) is 30.5 Å². The highest BCUT2D eigenvalue weighted by molar-refractivity contribution is 8.23. The molecular weight excluding hydrogens is 416 g/mol. The lowest BCUT2D eigenvalue weighted by Crippen LogP contribution is -2.48. The van der Waals surface area contributed by atoms with Crippen LogP contribution in [0, 0.1) is 5.92 Å². The monoisotopic (exact) mass is 434 g/mol. The van der Waals surface area contributed by atoms with Gasteiger partial charge in [-0.3, -0.25) is 9.59 Å². The highest BCUT2D eigenvalue weighted by atomic mass is 35.5. The first-order valence-corrected chi connectivity index (χ1v) is 10.8. The number of nitrogens with zero attached hydrogens (tertiary/aromatic N) is 3. The van der Waals surface area contributed by atoms with E-state index < -0.39 is 0 Å². The summed E-state index contributed by atoms with van der Waals surface area (Å²) in [6, 6.07) is 8.83. The van der Waals surface area contributed by atoms with E-state index in [2.05, 4.69) is 15.2 Å². The van der Waals surface area contributed by atoms with E-state index >= 15 is 0 Å². The molecule has 6 nitrogen and oxygen atoms in total. The maximum atomic E-state index is 12.2. The summed E-state index contributed by atoms with van der Waals surface area (Å²) in [7, 11) is 0. The first kappa shape index (κ1) is 19.4. The Labute approximate surface area is 177 Å². The number of pyridine rings is 2. The van der Waals surface area contributed by atoms with E-state index in [0.29, 0.717) is 22.7 Å². The molecule has 0 aliphatic carbocycles. The molecule has 2 aromatic heterocycles. The molecule has 4 heterocycles. The van der Waals surface area contributed by atoms with Crippen LogP contribution in [-0.2, 0) is 11.3 Å². The molecule has 2 atom stereocenters. The minimum absolute atomic E-state index is 0.0741. The van der Waals surface area contributed by atoms with E-state index in [0.717, 1.165) is 36.1 Å². The number of rotatable bonds is 3. The fourth-order valence-corrected chi connectivity index (χ4v) is 4.99. The van der Waals surface area contributed by atoms with Crippen LogP contribution in [0.15, 0.2) is 41.3 Å². The molecule has 146 valence electrons. The molecule has 2 aliphatic rings. The minimum atomic E-state index is -0.156. The molecule has 0 radical (unpaired) electrons. The van der Waals surface area contributed by atoms with Gasteiger partial charge in [0.15, 0.2) is 0 Å². The number of thioether (sulfide) groups is 1. The normalized spacial score (nSPS) is 20.4. The number of fused-ring (bicyclic) bond motifs is 4. The number of hydrogen-bond donors (Lipinski definition) is 1. The Kier molecular flexibility index (Phi) is 5.70. The molecule has 2 aromatic rings. The van der Waals surface area contributed by atoms with Gasteiger partial charge in [0.25, 0.3) is 5.56 Å². The van der Waals surface area contributed by atoms with Crippen molar-refractivity contribution in [3.8, 4) is 0 Å². The summed E-state index contributed by atoms with van der Waals surface area (Å²) in [5, 5.41) is 3.26. The maximum absolute atomic E-state index is 12.2. The summed E-state index contributed by atoms with van der Waals surface area (Å²) in [4.78, 5) is 30.5. The largest absolute Gasteiger partial charge is 0.356 e. The van der Waals surface area contributed by atoms with Gasteiger partial charge >= 0.3 is 0 Å². The minimum Gasteiger partial charge on any atom is -0.356 e. The number of carbonyl (C=O) groups excluding carboxylic acids is 1. The lowest BCUT2D eigenvalue weighted by Gasteiger charge is -2.43. The smallest absolute Gasteiger partial charge is 0.250 e. The fraction of sp³-hybridized carbons (Fsp3) is 0.368. The zero-order chi connectivity index (χ0) is 19.7. The molecule has 2 aliphatic heterocycles. The van der Waals surface area contributed by atoms with Crippen LogP contribution in [0.1, 0.15) is 18.0 Å². The van der Waals surface area contributed by atoms with Gasteiger partial charge in [-0.2, -0.15) is 0 Å². The van der Waals surface area contributed by atoms with Gasteiger partial charge in [0.05, 0.1) is 10.8 Å². The zero-order valence-corrected chi connectivity index (χ0v) is 17.4. The predicted octanol–water partition coefficient (Wildman–Crippen LogP) is 2.97. The summed E-state index contributed by atoms with van der Waals surface area (Å²) in [5.41, 5.74) is 1.16. The molecule has 1 amide bonds. The quantitative estimate of drug-likeness (QED) is 0.749. The zero-order valence-electron chi connectivity index (χ0n) is 15.0. The van der Waals surface area contributed by atoms with E-state index in [1.54, 1.807) is 18.2 Å². The third kappa shape index (κ3) is 4.24. The van der Waals surface area contributed by atoms with Crippen LogP contribution in [0.3, 0.4) is 0 Å². The van der Waals surface area contributed by atoms with Gasteiger partial charge in [0, 0.05) is 43.5 Å². The van der Waals surface area contributed by atoms with Crippen LogP contribution < -0.4 is 10.9 Å². The predicted molar refractivity (Wildman–Crippen MR) is 116 cm³/mol. The van der Waals surface area contributed by atoms with Crippen LogP contribution in [0.4, 0.5) is 5.82 Å². The standard InChI is InChI=1S/C19H19ClN4O2S2/c20-14-4-5-16(21-7-14)22-17(25)11-28-19(27)23-8-12-6-13(10-23)15-2-1-3-18(26)24(15)9-12/h1-5,7,12-13H,6,8-11H2,(H,21,22,25)/t12-,13-/m0/s1. The molecule has 9 heteroatoms. The maximum Gasteiger partial charge on any atom is 0.250 e. The molecule has 2 bridgehead atoms. The van der Waals surface area contributed by atoms with Gasteiger partial charge in [-0.1, -0.05) is 41.6 Å². The lowest BCUT2D eigenvalue weighted by atomic mass is 9.83. The molecule has 4 rings (SSSR count). The number of amides is 1. The number of likely N-dealkylation sites (tertiary alicyclic amines) is 1. The van der Waals surface area contributed by atoms with Crippen molar-refractivity contribution in [3.63, 3.8) is 0 Å². The second-order valence-corrected chi connectivity index (χ2v) is 9.11. The van der Waals surface area contributed by atoms with Gasteiger partial charge < -0.3 is 14.8 Å². The van der Waals surface area contributed by atoms with Crippen molar-refractivity contribution in [1.82, 2.24) is 14.5 Å². The second kappa shape index (κ2) is 8.23.